The monoisotopic (exact) mass is 376 g/mol. The number of aryl methyl sites for hydroxylation is 1. The van der Waals surface area contributed by atoms with Crippen molar-refractivity contribution in [3.8, 4) is 11.4 Å². The zero-order chi connectivity index (χ0) is 19.3. The number of hydrogen-bond donors (Lipinski definition) is 2. The highest BCUT2D eigenvalue weighted by Gasteiger charge is 2.18. The molecule has 3 heterocycles. The van der Waals surface area contributed by atoms with Crippen molar-refractivity contribution in [2.75, 3.05) is 5.32 Å². The van der Waals surface area contributed by atoms with Crippen LogP contribution in [-0.4, -0.2) is 24.5 Å². The van der Waals surface area contributed by atoms with Gasteiger partial charge in [0.25, 0.3) is 0 Å². The lowest BCUT2D eigenvalue weighted by molar-refractivity contribution is 0.603. The van der Waals surface area contributed by atoms with Crippen LogP contribution in [0.15, 0.2) is 55.0 Å². The Morgan fingerprint density at radius 3 is 2.79 bits per heavy atom. The molecule has 8 heteroatoms. The van der Waals surface area contributed by atoms with Gasteiger partial charge in [0, 0.05) is 24.9 Å². The summed E-state index contributed by atoms with van der Waals surface area (Å²) in [6.45, 7) is 0. The van der Waals surface area contributed by atoms with E-state index in [1.165, 1.54) is 6.33 Å². The van der Waals surface area contributed by atoms with Crippen LogP contribution in [0.4, 0.5) is 20.3 Å². The van der Waals surface area contributed by atoms with Crippen LogP contribution in [0.25, 0.3) is 33.5 Å². The van der Waals surface area contributed by atoms with Crippen molar-refractivity contribution in [3.63, 3.8) is 0 Å². The third kappa shape index (κ3) is 2.58. The standard InChI is InChI=1S/C20H14F2N6/c1-28-9-12(18-25-14-4-2-3-5-15(14)26-18)17-19(23-10-24-20(17)28)27-16-8-11(21)6-7-13(16)22/h2-10H,1H3,(H,25,26)(H,23,24,27). The van der Waals surface area contributed by atoms with Gasteiger partial charge in [-0.1, -0.05) is 12.1 Å². The van der Waals surface area contributed by atoms with E-state index in [1.54, 1.807) is 0 Å². The van der Waals surface area contributed by atoms with Gasteiger partial charge in [-0.15, -0.1) is 0 Å². The molecule has 0 spiro atoms. The molecule has 0 saturated carbocycles. The molecule has 0 atom stereocenters. The maximum Gasteiger partial charge on any atom is 0.146 e. The molecular weight excluding hydrogens is 362 g/mol. The zero-order valence-corrected chi connectivity index (χ0v) is 14.7. The van der Waals surface area contributed by atoms with Crippen molar-refractivity contribution in [2.45, 2.75) is 0 Å². The highest BCUT2D eigenvalue weighted by Crippen LogP contribution is 2.34. The van der Waals surface area contributed by atoms with Crippen LogP contribution < -0.4 is 5.32 Å². The Morgan fingerprint density at radius 2 is 1.93 bits per heavy atom. The van der Waals surface area contributed by atoms with E-state index in [9.17, 15) is 8.78 Å². The number of anilines is 2. The van der Waals surface area contributed by atoms with Crippen molar-refractivity contribution in [2.24, 2.45) is 7.05 Å². The van der Waals surface area contributed by atoms with Gasteiger partial charge in [0.05, 0.1) is 22.1 Å². The molecule has 2 N–H and O–H groups in total. The van der Waals surface area contributed by atoms with Gasteiger partial charge in [-0.3, -0.25) is 0 Å². The third-order valence-electron chi connectivity index (χ3n) is 4.58. The first-order valence-electron chi connectivity index (χ1n) is 8.57. The van der Waals surface area contributed by atoms with Crippen LogP contribution in [0.1, 0.15) is 0 Å². The largest absolute Gasteiger partial charge is 0.338 e. The number of hydrogen-bond acceptors (Lipinski definition) is 4. The number of H-pyrrole nitrogens is 1. The molecule has 28 heavy (non-hydrogen) atoms. The molecule has 0 fully saturated rings. The Kier molecular flexibility index (Phi) is 3.58. The van der Waals surface area contributed by atoms with E-state index in [2.05, 4.69) is 25.3 Å². The van der Waals surface area contributed by atoms with Gasteiger partial charge in [0.15, 0.2) is 0 Å². The smallest absolute Gasteiger partial charge is 0.146 e. The summed E-state index contributed by atoms with van der Waals surface area (Å²) in [5, 5.41) is 3.55. The fourth-order valence-corrected chi connectivity index (χ4v) is 3.29. The van der Waals surface area contributed by atoms with Gasteiger partial charge in [-0.05, 0) is 24.3 Å². The fraction of sp³-hybridized carbons (Fsp3) is 0.0500. The molecule has 3 aromatic heterocycles. The first-order valence-corrected chi connectivity index (χ1v) is 8.57. The fourth-order valence-electron chi connectivity index (χ4n) is 3.29. The number of para-hydroxylation sites is 2. The normalized spacial score (nSPS) is 11.4. The number of nitrogens with one attached hydrogen (secondary N) is 2. The molecule has 138 valence electrons. The van der Waals surface area contributed by atoms with E-state index in [1.807, 2.05) is 42.1 Å². The van der Waals surface area contributed by atoms with Gasteiger partial charge in [-0.2, -0.15) is 0 Å². The van der Waals surface area contributed by atoms with Crippen LogP contribution in [0.5, 0.6) is 0 Å². The van der Waals surface area contributed by atoms with Crippen molar-refractivity contribution in [1.82, 2.24) is 24.5 Å². The number of aromatic nitrogens is 5. The average molecular weight is 376 g/mol. The van der Waals surface area contributed by atoms with Gasteiger partial charge >= 0.3 is 0 Å². The highest BCUT2D eigenvalue weighted by molar-refractivity contribution is 6.01. The van der Waals surface area contributed by atoms with E-state index in [0.29, 0.717) is 22.7 Å². The lowest BCUT2D eigenvalue weighted by Gasteiger charge is -2.09. The number of aromatic amines is 1. The Morgan fingerprint density at radius 1 is 1.07 bits per heavy atom. The van der Waals surface area contributed by atoms with Crippen LogP contribution in [0.2, 0.25) is 0 Å². The van der Waals surface area contributed by atoms with Gasteiger partial charge in [0.2, 0.25) is 0 Å². The number of imidazole rings is 1. The second-order valence-electron chi connectivity index (χ2n) is 6.43. The number of benzene rings is 2. The van der Waals surface area contributed by atoms with E-state index < -0.39 is 11.6 Å². The van der Waals surface area contributed by atoms with Crippen molar-refractivity contribution in [3.05, 3.63) is 66.6 Å². The quantitative estimate of drug-likeness (QED) is 0.485. The minimum Gasteiger partial charge on any atom is -0.338 e. The summed E-state index contributed by atoms with van der Waals surface area (Å²) in [5.41, 5.74) is 3.13. The van der Waals surface area contributed by atoms with Crippen LogP contribution in [0.3, 0.4) is 0 Å². The molecule has 0 bridgehead atoms. The van der Waals surface area contributed by atoms with Crippen LogP contribution in [0, 0.1) is 11.6 Å². The summed E-state index contributed by atoms with van der Waals surface area (Å²) in [6.07, 6.45) is 3.26. The van der Waals surface area contributed by atoms with Gasteiger partial charge in [0.1, 0.15) is 35.3 Å². The van der Waals surface area contributed by atoms with Crippen molar-refractivity contribution >= 4 is 33.6 Å². The maximum atomic E-state index is 14.1. The first kappa shape index (κ1) is 16.4. The maximum absolute atomic E-state index is 14.1. The number of rotatable bonds is 3. The highest BCUT2D eigenvalue weighted by atomic mass is 19.1. The molecule has 5 aromatic rings. The SMILES string of the molecule is Cn1cc(-c2nc3ccccc3[nH]2)c2c(Nc3cc(F)ccc3F)ncnc21. The van der Waals surface area contributed by atoms with Crippen LogP contribution >= 0.6 is 0 Å². The first-order chi connectivity index (χ1) is 13.6. The van der Waals surface area contributed by atoms with Gasteiger partial charge < -0.3 is 14.9 Å². The Hall–Kier alpha value is -3.81. The van der Waals surface area contributed by atoms with Crippen LogP contribution in [-0.2, 0) is 7.05 Å². The summed E-state index contributed by atoms with van der Waals surface area (Å²) < 4.78 is 29.5. The number of fused-ring (bicyclic) bond motifs is 2. The molecule has 0 unspecified atom stereocenters. The topological polar surface area (TPSA) is 71.4 Å². The van der Waals surface area contributed by atoms with Crippen molar-refractivity contribution in [1.29, 1.82) is 0 Å². The van der Waals surface area contributed by atoms with E-state index in [0.717, 1.165) is 34.8 Å². The zero-order valence-electron chi connectivity index (χ0n) is 14.7. The summed E-state index contributed by atoms with van der Waals surface area (Å²) >= 11 is 0. The Bertz CT molecular complexity index is 1300. The van der Waals surface area contributed by atoms with Gasteiger partial charge in [-0.25, -0.2) is 23.7 Å². The number of nitrogens with zero attached hydrogens (tertiary/aromatic N) is 4. The summed E-state index contributed by atoms with van der Waals surface area (Å²) in [7, 11) is 1.86. The predicted octanol–water partition coefficient (Wildman–Crippen LogP) is 4.53. The molecule has 0 amide bonds. The third-order valence-corrected chi connectivity index (χ3v) is 4.58. The molecule has 2 aromatic carbocycles. The van der Waals surface area contributed by atoms with E-state index in [-0.39, 0.29) is 5.69 Å². The molecule has 0 aliphatic rings. The van der Waals surface area contributed by atoms with E-state index in [4.69, 9.17) is 0 Å². The second-order valence-corrected chi connectivity index (χ2v) is 6.43. The average Bonchev–Trinajstić information content (AvgIpc) is 3.27. The summed E-state index contributed by atoms with van der Waals surface area (Å²) in [6, 6.07) is 10.9. The summed E-state index contributed by atoms with van der Waals surface area (Å²) in [4.78, 5) is 16.5. The Balaban J connectivity index is 1.71. The molecule has 0 aliphatic heterocycles. The lowest BCUT2D eigenvalue weighted by Crippen LogP contribution is -1.99. The minimum atomic E-state index is -0.575. The molecule has 0 saturated heterocycles. The predicted molar refractivity (Wildman–Crippen MR) is 103 cm³/mol. The van der Waals surface area contributed by atoms with Crippen molar-refractivity contribution < 1.29 is 8.78 Å². The second kappa shape index (κ2) is 6.12. The molecule has 6 nitrogen and oxygen atoms in total. The number of halogens is 2. The minimum absolute atomic E-state index is 0.000547. The molecule has 0 aliphatic carbocycles. The molecule has 0 radical (unpaired) electrons. The Labute approximate surface area is 157 Å². The van der Waals surface area contributed by atoms with E-state index >= 15 is 0 Å². The molecule has 5 rings (SSSR count). The summed E-state index contributed by atoms with van der Waals surface area (Å²) in [5.74, 6) is -0.107. The molecular formula is C20H14F2N6. The lowest BCUT2D eigenvalue weighted by atomic mass is 10.2.